The van der Waals surface area contributed by atoms with Crippen LogP contribution in [-0.2, 0) is 13.6 Å². The maximum atomic E-state index is 12.9. The third-order valence-corrected chi connectivity index (χ3v) is 5.40. The van der Waals surface area contributed by atoms with Crippen molar-refractivity contribution in [2.75, 3.05) is 13.2 Å². The molecule has 0 N–H and O–H groups in total. The highest BCUT2D eigenvalue weighted by atomic mass is 31.2. The number of phosphoric acid groups is 1. The summed E-state index contributed by atoms with van der Waals surface area (Å²) in [5, 5.41) is 0. The zero-order valence-corrected chi connectivity index (χ0v) is 16.8. The Morgan fingerprint density at radius 1 is 0.923 bits per heavy atom. The second-order valence-electron chi connectivity index (χ2n) is 6.00. The Kier molecular flexibility index (Phi) is 6.76. The zero-order valence-electron chi connectivity index (χ0n) is 15.9. The molecule has 0 fully saturated rings. The molecule has 26 heavy (non-hydrogen) atoms. The minimum Gasteiger partial charge on any atom is -0.404 e. The van der Waals surface area contributed by atoms with E-state index in [1.54, 1.807) is 38.1 Å². The van der Waals surface area contributed by atoms with E-state index in [1.807, 2.05) is 32.9 Å². The van der Waals surface area contributed by atoms with Gasteiger partial charge < -0.3 is 4.52 Å². The van der Waals surface area contributed by atoms with Crippen LogP contribution < -0.4 is 4.52 Å². The summed E-state index contributed by atoms with van der Waals surface area (Å²) in [7, 11) is -3.64. The molecule has 0 amide bonds. The smallest absolute Gasteiger partial charge is 0.404 e. The third-order valence-electron chi connectivity index (χ3n) is 3.81. The van der Waals surface area contributed by atoms with E-state index in [1.165, 1.54) is 0 Å². The lowest BCUT2D eigenvalue weighted by atomic mass is 9.93. The number of aryl methyl sites for hydroxylation is 3. The summed E-state index contributed by atoms with van der Waals surface area (Å²) in [6.45, 7) is 9.72. The fourth-order valence-electron chi connectivity index (χ4n) is 2.88. The molecule has 0 aliphatic rings. The summed E-state index contributed by atoms with van der Waals surface area (Å²) in [5.41, 5.74) is 4.27. The minimum atomic E-state index is -3.64. The molecule has 2 rings (SSSR count). The second kappa shape index (κ2) is 8.63. The molecule has 0 heterocycles. The van der Waals surface area contributed by atoms with Crippen LogP contribution in [0, 0.1) is 20.8 Å². The largest absolute Gasteiger partial charge is 0.530 e. The predicted molar refractivity (Wildman–Crippen MR) is 102 cm³/mol. The first-order valence-electron chi connectivity index (χ1n) is 8.61. The normalized spacial score (nSPS) is 11.4. The Bertz CT molecular complexity index is 794. The summed E-state index contributed by atoms with van der Waals surface area (Å²) in [6.07, 6.45) is 0. The van der Waals surface area contributed by atoms with Crippen LogP contribution in [-0.4, -0.2) is 19.0 Å². The van der Waals surface area contributed by atoms with Gasteiger partial charge in [0.25, 0.3) is 0 Å². The first-order valence-corrected chi connectivity index (χ1v) is 10.1. The van der Waals surface area contributed by atoms with Crippen molar-refractivity contribution in [3.05, 3.63) is 64.2 Å². The highest BCUT2D eigenvalue weighted by Gasteiger charge is 2.27. The highest BCUT2D eigenvalue weighted by molar-refractivity contribution is 7.48. The molecule has 5 nitrogen and oxygen atoms in total. The first-order chi connectivity index (χ1) is 12.3. The fourth-order valence-corrected chi connectivity index (χ4v) is 4.08. The van der Waals surface area contributed by atoms with Crippen LogP contribution in [0.3, 0.4) is 0 Å². The van der Waals surface area contributed by atoms with Gasteiger partial charge in [0, 0.05) is 11.1 Å². The van der Waals surface area contributed by atoms with Gasteiger partial charge in [-0.25, -0.2) is 4.57 Å². The van der Waals surface area contributed by atoms with Crippen molar-refractivity contribution in [2.24, 2.45) is 0 Å². The minimum absolute atomic E-state index is 0.0515. The number of phosphoric ester groups is 1. The van der Waals surface area contributed by atoms with E-state index in [0.29, 0.717) is 16.9 Å². The molecule has 0 bridgehead atoms. The maximum Gasteiger partial charge on any atom is 0.530 e. The summed E-state index contributed by atoms with van der Waals surface area (Å²) >= 11 is 0. The van der Waals surface area contributed by atoms with Crippen LogP contribution in [0.2, 0.25) is 0 Å². The van der Waals surface area contributed by atoms with E-state index in [0.717, 1.165) is 16.7 Å². The Hall–Kier alpha value is -1.94. The lowest BCUT2D eigenvalue weighted by molar-refractivity contribution is 0.103. The highest BCUT2D eigenvalue weighted by Crippen LogP contribution is 2.49. The number of carbonyl (C=O) groups excluding carboxylic acids is 1. The van der Waals surface area contributed by atoms with Crippen molar-refractivity contribution >= 4 is 13.6 Å². The number of benzene rings is 2. The van der Waals surface area contributed by atoms with Gasteiger partial charge in [-0.3, -0.25) is 13.8 Å². The summed E-state index contributed by atoms with van der Waals surface area (Å²) in [5.74, 6) is 0.272. The molecule has 0 aromatic heterocycles. The van der Waals surface area contributed by atoms with Crippen molar-refractivity contribution in [2.45, 2.75) is 34.6 Å². The quantitative estimate of drug-likeness (QED) is 0.456. The lowest BCUT2D eigenvalue weighted by Crippen LogP contribution is -2.07. The van der Waals surface area contributed by atoms with E-state index in [4.69, 9.17) is 13.6 Å². The molecule has 140 valence electrons. The Labute approximate surface area is 154 Å². The Balaban J connectivity index is 2.24. The van der Waals surface area contributed by atoms with Crippen molar-refractivity contribution in [1.82, 2.24) is 0 Å². The summed E-state index contributed by atoms with van der Waals surface area (Å²) < 4.78 is 28.0. The van der Waals surface area contributed by atoms with E-state index < -0.39 is 7.82 Å². The first kappa shape index (κ1) is 20.4. The van der Waals surface area contributed by atoms with Crippen molar-refractivity contribution in [3.8, 4) is 5.75 Å². The van der Waals surface area contributed by atoms with E-state index in [2.05, 4.69) is 0 Å². The van der Waals surface area contributed by atoms with E-state index in [-0.39, 0.29) is 19.0 Å². The monoisotopic (exact) mass is 376 g/mol. The third kappa shape index (κ3) is 4.82. The SMILES string of the molecule is CCOP(=O)(OCC)Oc1ccc(C(=O)c2c(C)cc(C)cc2C)cc1. The van der Waals surface area contributed by atoms with Crippen LogP contribution in [0.4, 0.5) is 0 Å². The summed E-state index contributed by atoms with van der Waals surface area (Å²) in [6, 6.07) is 10.5. The Morgan fingerprint density at radius 2 is 1.42 bits per heavy atom. The van der Waals surface area contributed by atoms with Crippen molar-refractivity contribution in [1.29, 1.82) is 0 Å². The van der Waals surface area contributed by atoms with E-state index >= 15 is 0 Å². The average molecular weight is 376 g/mol. The van der Waals surface area contributed by atoms with Crippen molar-refractivity contribution < 1.29 is 22.9 Å². The van der Waals surface area contributed by atoms with Crippen LogP contribution in [0.1, 0.15) is 46.5 Å². The molecule has 0 aliphatic heterocycles. The Morgan fingerprint density at radius 3 is 1.88 bits per heavy atom. The summed E-state index contributed by atoms with van der Waals surface area (Å²) in [4.78, 5) is 12.9. The van der Waals surface area contributed by atoms with E-state index in [9.17, 15) is 9.36 Å². The molecule has 2 aromatic rings. The maximum absolute atomic E-state index is 12.9. The van der Waals surface area contributed by atoms with Gasteiger partial charge >= 0.3 is 7.82 Å². The van der Waals surface area contributed by atoms with Crippen LogP contribution in [0.5, 0.6) is 5.75 Å². The lowest BCUT2D eigenvalue weighted by Gasteiger charge is -2.17. The molecule has 0 aliphatic carbocycles. The number of rotatable bonds is 8. The van der Waals surface area contributed by atoms with Gasteiger partial charge in [0.05, 0.1) is 13.2 Å². The second-order valence-corrected chi connectivity index (χ2v) is 7.59. The molecule has 0 radical (unpaired) electrons. The van der Waals surface area contributed by atoms with Gasteiger partial charge in [-0.15, -0.1) is 0 Å². The molecular weight excluding hydrogens is 351 g/mol. The molecule has 0 atom stereocenters. The fraction of sp³-hybridized carbons (Fsp3) is 0.350. The molecule has 2 aromatic carbocycles. The topological polar surface area (TPSA) is 61.8 Å². The van der Waals surface area contributed by atoms with Gasteiger partial charge in [-0.05, 0) is 70.0 Å². The molecule has 0 saturated heterocycles. The zero-order chi connectivity index (χ0) is 19.3. The molecule has 6 heteroatoms. The molecule has 0 unspecified atom stereocenters. The van der Waals surface area contributed by atoms with Gasteiger partial charge in [0.15, 0.2) is 5.78 Å². The van der Waals surface area contributed by atoms with Crippen LogP contribution in [0.25, 0.3) is 0 Å². The van der Waals surface area contributed by atoms with Crippen LogP contribution in [0.15, 0.2) is 36.4 Å². The van der Waals surface area contributed by atoms with Crippen molar-refractivity contribution in [3.63, 3.8) is 0 Å². The molecule has 0 spiro atoms. The number of hydrogen-bond acceptors (Lipinski definition) is 5. The molecule has 0 saturated carbocycles. The van der Waals surface area contributed by atoms with Gasteiger partial charge in [0.1, 0.15) is 5.75 Å². The number of hydrogen-bond donors (Lipinski definition) is 0. The van der Waals surface area contributed by atoms with Gasteiger partial charge in [-0.2, -0.15) is 0 Å². The van der Waals surface area contributed by atoms with Gasteiger partial charge in [-0.1, -0.05) is 17.7 Å². The predicted octanol–water partition coefficient (Wildman–Crippen LogP) is 5.40. The number of ketones is 1. The molecular formula is C20H25O5P. The standard InChI is InChI=1S/C20H25O5P/c1-6-23-26(22,24-7-2)25-18-10-8-17(9-11-18)20(21)19-15(4)12-14(3)13-16(19)5/h8-13H,6-7H2,1-5H3. The number of carbonyl (C=O) groups is 1. The van der Waals surface area contributed by atoms with Gasteiger partial charge in [0.2, 0.25) is 0 Å². The average Bonchev–Trinajstić information content (AvgIpc) is 2.54. The van der Waals surface area contributed by atoms with Crippen LogP contribution >= 0.6 is 7.82 Å².